The molecule has 0 heterocycles. The van der Waals surface area contributed by atoms with E-state index in [1.807, 2.05) is 6.07 Å². The van der Waals surface area contributed by atoms with Gasteiger partial charge in [-0.2, -0.15) is 0 Å². The Bertz CT molecular complexity index is 431. The molecule has 1 aromatic carbocycles. The molecule has 1 aliphatic carbocycles. The van der Waals surface area contributed by atoms with E-state index in [0.717, 1.165) is 10.6 Å². The number of benzene rings is 1. The number of halogens is 2. The topological polar surface area (TPSA) is 0 Å². The summed E-state index contributed by atoms with van der Waals surface area (Å²) in [5.41, 5.74) is 3.85. The monoisotopic (exact) mass is 284 g/mol. The van der Waals surface area contributed by atoms with Crippen molar-refractivity contribution in [1.29, 1.82) is 0 Å². The lowest BCUT2D eigenvalue weighted by Gasteiger charge is -2.38. The molecule has 0 aromatic heterocycles. The van der Waals surface area contributed by atoms with E-state index in [-0.39, 0.29) is 10.8 Å². The summed E-state index contributed by atoms with van der Waals surface area (Å²) in [6.45, 7) is 6.51. The third kappa shape index (κ3) is 2.70. The molecule has 1 aromatic rings. The van der Waals surface area contributed by atoms with Gasteiger partial charge in [-0.05, 0) is 54.9 Å². The normalized spacial score (nSPS) is 20.7. The molecule has 0 N–H and O–H groups in total. The first kappa shape index (κ1) is 14.2. The SMILES string of the molecule is Cc1cc(C(Cl)C2(C)CCCCC2)c(C)cc1Cl. The third-order valence-electron chi connectivity index (χ3n) is 4.43. The molecule has 1 atom stereocenters. The highest BCUT2D eigenvalue weighted by Crippen LogP contribution is 2.50. The molecule has 0 radical (unpaired) electrons. The van der Waals surface area contributed by atoms with E-state index < -0.39 is 0 Å². The highest BCUT2D eigenvalue weighted by Gasteiger charge is 2.35. The van der Waals surface area contributed by atoms with Crippen LogP contribution < -0.4 is 0 Å². The zero-order valence-electron chi connectivity index (χ0n) is 11.5. The van der Waals surface area contributed by atoms with Crippen LogP contribution in [0.25, 0.3) is 0 Å². The van der Waals surface area contributed by atoms with E-state index in [2.05, 4.69) is 26.8 Å². The van der Waals surface area contributed by atoms with Gasteiger partial charge in [-0.1, -0.05) is 43.9 Å². The van der Waals surface area contributed by atoms with Crippen LogP contribution in [0.2, 0.25) is 5.02 Å². The van der Waals surface area contributed by atoms with E-state index >= 15 is 0 Å². The Balaban J connectivity index is 2.33. The van der Waals surface area contributed by atoms with Gasteiger partial charge in [0.1, 0.15) is 0 Å². The van der Waals surface area contributed by atoms with Crippen LogP contribution in [0.4, 0.5) is 0 Å². The van der Waals surface area contributed by atoms with Gasteiger partial charge in [-0.25, -0.2) is 0 Å². The quantitative estimate of drug-likeness (QED) is 0.567. The highest BCUT2D eigenvalue weighted by atomic mass is 35.5. The number of aryl methyl sites for hydroxylation is 2. The summed E-state index contributed by atoms with van der Waals surface area (Å²) in [4.78, 5) is 0. The molecule has 1 fully saturated rings. The molecule has 100 valence electrons. The van der Waals surface area contributed by atoms with Gasteiger partial charge >= 0.3 is 0 Å². The molecule has 0 aliphatic heterocycles. The minimum Gasteiger partial charge on any atom is -0.117 e. The average molecular weight is 285 g/mol. The van der Waals surface area contributed by atoms with Gasteiger partial charge in [-0.15, -0.1) is 11.6 Å². The maximum atomic E-state index is 6.81. The molecule has 0 nitrogen and oxygen atoms in total. The average Bonchev–Trinajstić information content (AvgIpc) is 2.34. The van der Waals surface area contributed by atoms with Crippen molar-refractivity contribution in [3.63, 3.8) is 0 Å². The summed E-state index contributed by atoms with van der Waals surface area (Å²) in [6, 6.07) is 4.23. The van der Waals surface area contributed by atoms with E-state index in [1.54, 1.807) is 0 Å². The molecule has 0 amide bonds. The maximum Gasteiger partial charge on any atom is 0.0641 e. The van der Waals surface area contributed by atoms with Crippen molar-refractivity contribution in [2.45, 2.75) is 58.3 Å². The second-order valence-electron chi connectivity index (χ2n) is 6.04. The summed E-state index contributed by atoms with van der Waals surface area (Å²) in [6.07, 6.45) is 6.46. The Labute approximate surface area is 121 Å². The fourth-order valence-electron chi connectivity index (χ4n) is 3.06. The molecular weight excluding hydrogens is 263 g/mol. The fourth-order valence-corrected chi connectivity index (χ4v) is 3.74. The standard InChI is InChI=1S/C16H22Cl2/c1-11-10-14(17)12(2)9-13(11)15(18)16(3)7-5-4-6-8-16/h9-10,15H,4-8H2,1-3H3. The zero-order valence-corrected chi connectivity index (χ0v) is 13.0. The first-order valence-electron chi connectivity index (χ1n) is 6.85. The first-order valence-corrected chi connectivity index (χ1v) is 7.66. The Morgan fingerprint density at radius 1 is 1.06 bits per heavy atom. The van der Waals surface area contributed by atoms with Crippen molar-refractivity contribution >= 4 is 23.2 Å². The number of hydrogen-bond donors (Lipinski definition) is 0. The van der Waals surface area contributed by atoms with Gasteiger partial charge in [0.05, 0.1) is 5.38 Å². The Hall–Kier alpha value is -0.200. The van der Waals surface area contributed by atoms with Gasteiger partial charge < -0.3 is 0 Å². The number of hydrogen-bond acceptors (Lipinski definition) is 0. The molecule has 2 heteroatoms. The van der Waals surface area contributed by atoms with E-state index in [1.165, 1.54) is 43.2 Å². The molecule has 1 saturated carbocycles. The molecule has 2 rings (SSSR count). The van der Waals surface area contributed by atoms with Crippen molar-refractivity contribution in [2.75, 3.05) is 0 Å². The molecule has 0 spiro atoms. The number of rotatable bonds is 2. The Morgan fingerprint density at radius 3 is 2.28 bits per heavy atom. The Kier molecular flexibility index (Phi) is 4.29. The Morgan fingerprint density at radius 2 is 1.67 bits per heavy atom. The predicted octanol–water partition coefficient (Wildman–Crippen LogP) is 6.21. The summed E-state index contributed by atoms with van der Waals surface area (Å²) in [5.74, 6) is 0. The van der Waals surface area contributed by atoms with Crippen LogP contribution >= 0.6 is 23.2 Å². The van der Waals surface area contributed by atoms with Crippen LogP contribution in [0.1, 0.15) is 61.1 Å². The smallest absolute Gasteiger partial charge is 0.0641 e. The summed E-state index contributed by atoms with van der Waals surface area (Å²) in [7, 11) is 0. The lowest BCUT2D eigenvalue weighted by atomic mass is 9.71. The van der Waals surface area contributed by atoms with E-state index in [4.69, 9.17) is 23.2 Å². The largest absolute Gasteiger partial charge is 0.117 e. The molecule has 1 aliphatic rings. The molecule has 18 heavy (non-hydrogen) atoms. The van der Waals surface area contributed by atoms with Gasteiger partial charge in [0.25, 0.3) is 0 Å². The molecule has 0 saturated heterocycles. The fraction of sp³-hybridized carbons (Fsp3) is 0.625. The van der Waals surface area contributed by atoms with Crippen LogP contribution in [0.5, 0.6) is 0 Å². The van der Waals surface area contributed by atoms with Crippen LogP contribution in [-0.4, -0.2) is 0 Å². The molecular formula is C16H22Cl2. The van der Waals surface area contributed by atoms with Crippen LogP contribution in [0.15, 0.2) is 12.1 Å². The number of alkyl halides is 1. The van der Waals surface area contributed by atoms with Crippen molar-refractivity contribution < 1.29 is 0 Å². The van der Waals surface area contributed by atoms with Gasteiger partial charge in [0, 0.05) is 5.02 Å². The maximum absolute atomic E-state index is 6.81. The summed E-state index contributed by atoms with van der Waals surface area (Å²) in [5, 5.41) is 0.947. The lowest BCUT2D eigenvalue weighted by molar-refractivity contribution is 0.206. The van der Waals surface area contributed by atoms with E-state index in [9.17, 15) is 0 Å². The summed E-state index contributed by atoms with van der Waals surface area (Å²) < 4.78 is 0. The van der Waals surface area contributed by atoms with Crippen LogP contribution in [-0.2, 0) is 0 Å². The second-order valence-corrected chi connectivity index (χ2v) is 6.88. The zero-order chi connectivity index (χ0) is 13.3. The van der Waals surface area contributed by atoms with Gasteiger partial charge in [-0.3, -0.25) is 0 Å². The van der Waals surface area contributed by atoms with Crippen molar-refractivity contribution in [3.05, 3.63) is 33.8 Å². The van der Waals surface area contributed by atoms with Gasteiger partial charge in [0.2, 0.25) is 0 Å². The molecule has 0 bridgehead atoms. The van der Waals surface area contributed by atoms with Crippen molar-refractivity contribution in [2.24, 2.45) is 5.41 Å². The van der Waals surface area contributed by atoms with E-state index in [0.29, 0.717) is 0 Å². The molecule has 1 unspecified atom stereocenters. The second kappa shape index (κ2) is 5.43. The van der Waals surface area contributed by atoms with Crippen molar-refractivity contribution in [1.82, 2.24) is 0 Å². The first-order chi connectivity index (χ1) is 8.44. The minimum absolute atomic E-state index is 0.105. The predicted molar refractivity (Wildman–Crippen MR) is 80.7 cm³/mol. The van der Waals surface area contributed by atoms with Crippen molar-refractivity contribution in [3.8, 4) is 0 Å². The van der Waals surface area contributed by atoms with Gasteiger partial charge in [0.15, 0.2) is 0 Å². The summed E-state index contributed by atoms with van der Waals surface area (Å²) >= 11 is 13.0. The third-order valence-corrected chi connectivity index (χ3v) is 5.60. The van der Waals surface area contributed by atoms with Crippen LogP contribution in [0.3, 0.4) is 0 Å². The highest BCUT2D eigenvalue weighted by molar-refractivity contribution is 6.31. The minimum atomic E-state index is 0.105. The lowest BCUT2D eigenvalue weighted by Crippen LogP contribution is -2.25. The van der Waals surface area contributed by atoms with Crippen LogP contribution in [0, 0.1) is 19.3 Å².